The molecule has 2 heterocycles. The van der Waals surface area contributed by atoms with Crippen molar-refractivity contribution in [1.29, 1.82) is 5.26 Å². The van der Waals surface area contributed by atoms with E-state index in [4.69, 9.17) is 30.8 Å². The maximum Gasteiger partial charge on any atom is 0.407 e. The van der Waals surface area contributed by atoms with Crippen molar-refractivity contribution < 1.29 is 19.0 Å². The van der Waals surface area contributed by atoms with Crippen molar-refractivity contribution in [3.05, 3.63) is 40.8 Å². The number of allylic oxidation sites excluding steroid dienone is 3. The number of carbonyl (C=O) groups is 1. The first-order valence-electron chi connectivity index (χ1n) is 16.2. The Hall–Kier alpha value is -3.17. The molecule has 0 radical (unpaired) electrons. The highest BCUT2D eigenvalue weighted by atomic mass is 35.5. The third kappa shape index (κ3) is 12.9. The number of alkyl carbamates (subject to hydrolysis) is 1. The molecule has 2 aliphatic rings. The van der Waals surface area contributed by atoms with Gasteiger partial charge in [-0.25, -0.2) is 14.8 Å². The summed E-state index contributed by atoms with van der Waals surface area (Å²) in [5, 5.41) is 23.7. The van der Waals surface area contributed by atoms with Crippen LogP contribution in [0.5, 0.6) is 0 Å². The van der Waals surface area contributed by atoms with Gasteiger partial charge in [-0.1, -0.05) is 17.7 Å². The fourth-order valence-electron chi connectivity index (χ4n) is 5.52. The number of rotatable bonds is 15. The zero-order valence-corrected chi connectivity index (χ0v) is 28.8. The summed E-state index contributed by atoms with van der Waals surface area (Å²) >= 11 is 6.56. The van der Waals surface area contributed by atoms with E-state index >= 15 is 0 Å². The van der Waals surface area contributed by atoms with Crippen LogP contribution in [0.1, 0.15) is 78.8 Å². The van der Waals surface area contributed by atoms with Gasteiger partial charge in [0.15, 0.2) is 0 Å². The SMILES string of the molecule is C=N/C(=C\C(=C(/C)Cl)c1cccc(NCC2(C#N)CCOCC2)n1)N[C@H]1CC[C@H](NC(C)COCCNC(=O)OC(C)(C)C)CC1. The molecule has 1 amide bonds. The minimum atomic E-state index is -0.515. The maximum absolute atomic E-state index is 11.7. The number of amides is 1. The molecule has 12 heteroatoms. The zero-order chi connectivity index (χ0) is 33.6. The Balaban J connectivity index is 1.46. The van der Waals surface area contributed by atoms with Crippen LogP contribution in [0.2, 0.25) is 0 Å². The van der Waals surface area contributed by atoms with Crippen molar-refractivity contribution in [2.75, 3.05) is 44.8 Å². The monoisotopic (exact) mass is 657 g/mol. The summed E-state index contributed by atoms with van der Waals surface area (Å²) in [5.74, 6) is 1.34. The van der Waals surface area contributed by atoms with E-state index in [1.165, 1.54) is 0 Å². The molecule has 1 aliphatic carbocycles. The fraction of sp³-hybridized carbons (Fsp3) is 0.647. The highest BCUT2D eigenvalue weighted by Gasteiger charge is 2.32. The van der Waals surface area contributed by atoms with Gasteiger partial charge in [0.1, 0.15) is 17.2 Å². The first-order valence-corrected chi connectivity index (χ1v) is 16.6. The Kier molecular flexibility index (Phi) is 14.8. The summed E-state index contributed by atoms with van der Waals surface area (Å²) < 4.78 is 16.4. The number of nitrogens with one attached hydrogen (secondary N) is 4. The van der Waals surface area contributed by atoms with Crippen molar-refractivity contribution >= 4 is 35.8 Å². The van der Waals surface area contributed by atoms with Crippen LogP contribution in [0.4, 0.5) is 10.6 Å². The van der Waals surface area contributed by atoms with Crippen LogP contribution in [-0.4, -0.2) is 81.0 Å². The number of nitrogens with zero attached hydrogens (tertiary/aromatic N) is 3. The lowest BCUT2D eigenvalue weighted by molar-refractivity contribution is 0.0455. The topological polar surface area (TPSA) is 142 Å². The quantitative estimate of drug-likeness (QED) is 0.105. The second-order valence-corrected chi connectivity index (χ2v) is 13.7. The molecule has 0 spiro atoms. The van der Waals surface area contributed by atoms with Crippen LogP contribution in [0.25, 0.3) is 5.57 Å². The van der Waals surface area contributed by atoms with Crippen LogP contribution >= 0.6 is 11.6 Å². The van der Waals surface area contributed by atoms with E-state index in [1.54, 1.807) is 0 Å². The molecular formula is C34H52ClN7O4. The lowest BCUT2D eigenvalue weighted by atomic mass is 9.82. The summed E-state index contributed by atoms with van der Waals surface area (Å²) in [6.07, 6.45) is 6.89. The van der Waals surface area contributed by atoms with Crippen LogP contribution < -0.4 is 21.3 Å². The number of halogens is 1. The van der Waals surface area contributed by atoms with Gasteiger partial charge in [-0.3, -0.25) is 0 Å². The number of carbonyl (C=O) groups excluding carboxylic acids is 1. The molecule has 0 aromatic carbocycles. The molecule has 1 saturated heterocycles. The van der Waals surface area contributed by atoms with E-state index in [1.807, 2.05) is 52.0 Å². The van der Waals surface area contributed by atoms with Crippen molar-refractivity contribution in [3.63, 3.8) is 0 Å². The average molecular weight is 658 g/mol. The van der Waals surface area contributed by atoms with Crippen LogP contribution in [0.3, 0.4) is 0 Å². The summed E-state index contributed by atoms with van der Waals surface area (Å²) in [4.78, 5) is 20.8. The van der Waals surface area contributed by atoms with Gasteiger partial charge in [-0.2, -0.15) is 5.26 Å². The number of aliphatic imine (C=N–C) groups is 1. The first kappa shape index (κ1) is 37.3. The van der Waals surface area contributed by atoms with Gasteiger partial charge in [-0.15, -0.1) is 0 Å². The van der Waals surface area contributed by atoms with E-state index in [2.05, 4.69) is 46.0 Å². The maximum atomic E-state index is 11.7. The Labute approximate surface area is 279 Å². The molecular weight excluding hydrogens is 606 g/mol. The van der Waals surface area contributed by atoms with Crippen LogP contribution in [-0.2, 0) is 14.2 Å². The third-order valence-corrected chi connectivity index (χ3v) is 8.23. The number of hydrogen-bond acceptors (Lipinski definition) is 10. The molecule has 3 rings (SSSR count). The fourth-order valence-corrected chi connectivity index (χ4v) is 5.67. The van der Waals surface area contributed by atoms with Gasteiger partial charge in [0.05, 0.1) is 30.4 Å². The molecule has 4 N–H and O–H groups in total. The van der Waals surface area contributed by atoms with Crippen molar-refractivity contribution in [2.45, 2.75) is 96.9 Å². The predicted octanol–water partition coefficient (Wildman–Crippen LogP) is 5.75. The van der Waals surface area contributed by atoms with Gasteiger partial charge in [0.2, 0.25) is 0 Å². The highest BCUT2D eigenvalue weighted by Crippen LogP contribution is 2.30. The molecule has 1 aromatic heterocycles. The number of hydrogen-bond donors (Lipinski definition) is 4. The number of aromatic nitrogens is 1. The minimum Gasteiger partial charge on any atom is -0.444 e. The Morgan fingerprint density at radius 3 is 2.59 bits per heavy atom. The number of anilines is 1. The Morgan fingerprint density at radius 2 is 1.96 bits per heavy atom. The molecule has 1 saturated carbocycles. The molecule has 254 valence electrons. The van der Waals surface area contributed by atoms with Crippen LogP contribution in [0.15, 0.2) is 40.1 Å². The first-order chi connectivity index (χ1) is 21.9. The van der Waals surface area contributed by atoms with Crippen molar-refractivity contribution in [1.82, 2.24) is 20.9 Å². The summed E-state index contributed by atoms with van der Waals surface area (Å²) in [7, 11) is 0. The van der Waals surface area contributed by atoms with E-state index in [0.29, 0.717) is 80.8 Å². The van der Waals surface area contributed by atoms with E-state index in [0.717, 1.165) is 31.3 Å². The third-order valence-electron chi connectivity index (χ3n) is 8.02. The summed E-state index contributed by atoms with van der Waals surface area (Å²) in [6, 6.07) is 9.09. The smallest absolute Gasteiger partial charge is 0.407 e. The molecule has 11 nitrogen and oxygen atoms in total. The second kappa shape index (κ2) is 18.2. The second-order valence-electron chi connectivity index (χ2n) is 13.2. The standard InChI is InChI=1S/C34H52ClN7O4/c1-24(21-45-19-16-38-32(43)46-33(3,4)5)40-26-10-12-27(13-11-26)41-31(37-6)20-28(25(2)35)29-8-7-9-30(42-29)39-23-34(22-36)14-17-44-18-15-34/h7-9,20,24,26-27,40-41H,6,10-19,21,23H2,1-5H3,(H,38,43)(H,39,42)/b28-25-,31-20+/t24?,26-,27-. The van der Waals surface area contributed by atoms with Gasteiger partial charge < -0.3 is 35.5 Å². The van der Waals surface area contributed by atoms with E-state index in [-0.39, 0.29) is 12.1 Å². The molecule has 1 aromatic rings. The van der Waals surface area contributed by atoms with E-state index in [9.17, 15) is 10.1 Å². The molecule has 0 bridgehead atoms. The van der Waals surface area contributed by atoms with Crippen LogP contribution in [0, 0.1) is 16.7 Å². The summed E-state index contributed by atoms with van der Waals surface area (Å²) in [6.45, 7) is 16.3. The van der Waals surface area contributed by atoms with Gasteiger partial charge in [0, 0.05) is 55.0 Å². The zero-order valence-electron chi connectivity index (χ0n) is 28.1. The Morgan fingerprint density at radius 1 is 1.26 bits per heavy atom. The highest BCUT2D eigenvalue weighted by molar-refractivity contribution is 6.32. The Bertz CT molecular complexity index is 1240. The molecule has 1 unspecified atom stereocenters. The predicted molar refractivity (Wildman–Crippen MR) is 184 cm³/mol. The van der Waals surface area contributed by atoms with Crippen molar-refractivity contribution in [2.24, 2.45) is 10.4 Å². The molecule has 2 fully saturated rings. The lowest BCUT2D eigenvalue weighted by Gasteiger charge is -2.32. The normalized spacial score (nSPS) is 21.3. The molecule has 46 heavy (non-hydrogen) atoms. The number of ether oxygens (including phenoxy) is 3. The van der Waals surface area contributed by atoms with Gasteiger partial charge in [0.25, 0.3) is 0 Å². The lowest BCUT2D eigenvalue weighted by Crippen LogP contribution is -2.44. The summed E-state index contributed by atoms with van der Waals surface area (Å²) in [5.41, 5.74) is 0.497. The minimum absolute atomic E-state index is 0.195. The average Bonchev–Trinajstić information content (AvgIpc) is 3.02. The molecule has 1 atom stereocenters. The van der Waals surface area contributed by atoms with Gasteiger partial charge >= 0.3 is 6.09 Å². The van der Waals surface area contributed by atoms with Gasteiger partial charge in [-0.05, 0) is 98.1 Å². The van der Waals surface area contributed by atoms with Crippen molar-refractivity contribution in [3.8, 4) is 6.07 Å². The number of nitriles is 1. The largest absolute Gasteiger partial charge is 0.444 e. The molecule has 1 aliphatic heterocycles. The number of pyridine rings is 1. The van der Waals surface area contributed by atoms with E-state index < -0.39 is 17.1 Å².